The largest absolute Gasteiger partial charge is 0.366 e. The van der Waals surface area contributed by atoms with Crippen LogP contribution in [0.2, 0.25) is 0 Å². The van der Waals surface area contributed by atoms with Gasteiger partial charge in [-0.2, -0.15) is 0 Å². The first-order valence-electron chi connectivity index (χ1n) is 14.2. The number of hydrogen-bond donors (Lipinski definition) is 2. The minimum atomic E-state index is -0.385. The predicted molar refractivity (Wildman–Crippen MR) is 163 cm³/mol. The number of hydrogen-bond acceptors (Lipinski definition) is 2. The van der Waals surface area contributed by atoms with E-state index in [1.807, 2.05) is 39.8 Å². The Morgan fingerprint density at radius 2 is 1.65 bits per heavy atom. The highest BCUT2D eigenvalue weighted by molar-refractivity contribution is 5.93. The van der Waals surface area contributed by atoms with E-state index in [1.54, 1.807) is 0 Å². The maximum atomic E-state index is 11.5. The van der Waals surface area contributed by atoms with Gasteiger partial charge in [-0.05, 0) is 92.3 Å². The third kappa shape index (κ3) is 7.53. The lowest BCUT2D eigenvalue weighted by Gasteiger charge is -2.43. The molecule has 0 saturated heterocycles. The lowest BCUT2D eigenvalue weighted by Crippen LogP contribution is -2.34. The van der Waals surface area contributed by atoms with Gasteiger partial charge in [0.15, 0.2) is 0 Å². The molecule has 1 amide bonds. The predicted octanol–water partition coefficient (Wildman–Crippen LogP) is 9.35. The van der Waals surface area contributed by atoms with Gasteiger partial charge in [-0.1, -0.05) is 90.0 Å². The molecular weight excluding hydrogens is 452 g/mol. The number of rotatable bonds is 5. The quantitative estimate of drug-likeness (QED) is 0.310. The summed E-state index contributed by atoms with van der Waals surface area (Å²) >= 11 is 0. The normalized spacial score (nSPS) is 17.6. The highest BCUT2D eigenvalue weighted by atomic mass is 16.1. The molecule has 0 aliphatic heterocycles. The highest BCUT2D eigenvalue weighted by Gasteiger charge is 2.39. The summed E-state index contributed by atoms with van der Waals surface area (Å²) in [6, 6.07) is 12.2. The van der Waals surface area contributed by atoms with Crippen LogP contribution in [-0.4, -0.2) is 12.1 Å². The zero-order valence-corrected chi connectivity index (χ0v) is 24.6. The number of allylic oxidation sites excluding steroid dienone is 4. The summed E-state index contributed by atoms with van der Waals surface area (Å²) in [6.07, 6.45) is 13.8. The van der Waals surface area contributed by atoms with Crippen molar-refractivity contribution in [2.75, 3.05) is 0 Å². The number of fused-ring (bicyclic) bond motifs is 2. The maximum absolute atomic E-state index is 11.5. The van der Waals surface area contributed by atoms with Crippen molar-refractivity contribution in [1.82, 2.24) is 0 Å². The van der Waals surface area contributed by atoms with Gasteiger partial charge >= 0.3 is 0 Å². The molecule has 202 valence electrons. The standard InChI is InChI=1S/C24H26N2O.C6H12.2C2H6/c1-15-7-8-17-13-24(2,18-11-9-16(10-12-18)23(26)27)21-6-4-3-5-19(21)22(17)20(15)14-25;1-3-5-6-4-2;2*1-2/h7-12,14,25H,3-6,13H2,1-2H3,(H2,26,27);3,5H,4,6H2,1-2H3;2*1-2H3/b;5-3-;;. The van der Waals surface area contributed by atoms with E-state index in [-0.39, 0.29) is 11.3 Å². The van der Waals surface area contributed by atoms with Gasteiger partial charge in [0.05, 0.1) is 0 Å². The van der Waals surface area contributed by atoms with E-state index in [2.05, 4.69) is 64.1 Å². The lowest BCUT2D eigenvalue weighted by molar-refractivity contribution is 0.1000. The Hall–Kier alpha value is -2.94. The van der Waals surface area contributed by atoms with Crippen LogP contribution in [0.15, 0.2) is 54.1 Å². The summed E-state index contributed by atoms with van der Waals surface area (Å²) in [7, 11) is 0. The van der Waals surface area contributed by atoms with Crippen LogP contribution >= 0.6 is 0 Å². The van der Waals surface area contributed by atoms with Crippen molar-refractivity contribution < 1.29 is 4.79 Å². The average Bonchev–Trinajstić information content (AvgIpc) is 2.95. The molecule has 0 heterocycles. The molecule has 0 saturated carbocycles. The average molecular weight is 503 g/mol. The van der Waals surface area contributed by atoms with Crippen LogP contribution in [0.5, 0.6) is 0 Å². The van der Waals surface area contributed by atoms with E-state index in [4.69, 9.17) is 11.1 Å². The van der Waals surface area contributed by atoms with Crippen molar-refractivity contribution >= 4 is 17.7 Å². The van der Waals surface area contributed by atoms with Gasteiger partial charge < -0.3 is 11.1 Å². The van der Waals surface area contributed by atoms with Crippen LogP contribution in [0.4, 0.5) is 0 Å². The summed E-state index contributed by atoms with van der Waals surface area (Å²) in [4.78, 5) is 11.5. The van der Waals surface area contributed by atoms with Gasteiger partial charge in [0.1, 0.15) is 0 Å². The SMILES string of the molecule is C/C=C\CCC.CC.CC.Cc1ccc2c(c1C=N)C1=C(CCCC1)C(C)(c1ccc(C(N)=O)cc1)C2. The van der Waals surface area contributed by atoms with Crippen LogP contribution in [0.25, 0.3) is 5.57 Å². The fraction of sp³-hybridized carbons (Fsp3) is 0.471. The topological polar surface area (TPSA) is 66.9 Å². The molecule has 3 heteroatoms. The number of nitrogens with two attached hydrogens (primary N) is 1. The number of benzene rings is 2. The second kappa shape index (κ2) is 16.0. The molecule has 3 N–H and O–H groups in total. The van der Waals surface area contributed by atoms with E-state index in [1.165, 1.54) is 65.3 Å². The third-order valence-corrected chi connectivity index (χ3v) is 7.17. The first kappa shape index (κ1) is 32.1. The zero-order chi connectivity index (χ0) is 28.0. The van der Waals surface area contributed by atoms with E-state index >= 15 is 0 Å². The van der Waals surface area contributed by atoms with E-state index in [0.29, 0.717) is 5.56 Å². The summed E-state index contributed by atoms with van der Waals surface area (Å²) in [5.41, 5.74) is 15.0. The smallest absolute Gasteiger partial charge is 0.248 e. The van der Waals surface area contributed by atoms with E-state index < -0.39 is 0 Å². The molecule has 0 bridgehead atoms. The summed E-state index contributed by atoms with van der Waals surface area (Å²) < 4.78 is 0. The first-order valence-corrected chi connectivity index (χ1v) is 14.2. The number of amides is 1. The van der Waals surface area contributed by atoms with E-state index in [9.17, 15) is 4.79 Å². The number of carbonyl (C=O) groups is 1. The molecule has 0 radical (unpaired) electrons. The van der Waals surface area contributed by atoms with Crippen LogP contribution in [0.1, 0.15) is 125 Å². The number of carbonyl (C=O) groups excluding carboxylic acids is 1. The molecule has 1 unspecified atom stereocenters. The Morgan fingerprint density at radius 3 is 2.16 bits per heavy atom. The molecule has 2 aliphatic carbocycles. The number of unbranched alkanes of at least 4 members (excludes halogenated alkanes) is 1. The molecule has 2 aromatic rings. The molecule has 1 atom stereocenters. The van der Waals surface area contributed by atoms with Crippen molar-refractivity contribution in [2.45, 2.75) is 106 Å². The Kier molecular flexibility index (Phi) is 13.9. The van der Waals surface area contributed by atoms with Gasteiger partial charge in [-0.15, -0.1) is 0 Å². The summed E-state index contributed by atoms with van der Waals surface area (Å²) in [6.45, 7) is 16.7. The Morgan fingerprint density at radius 1 is 1.03 bits per heavy atom. The Bertz CT molecular complexity index is 1080. The Balaban J connectivity index is 0.000000595. The minimum absolute atomic E-state index is 0.0759. The van der Waals surface area contributed by atoms with Crippen molar-refractivity contribution in [1.29, 1.82) is 5.41 Å². The fourth-order valence-corrected chi connectivity index (χ4v) is 5.35. The van der Waals surface area contributed by atoms with Crippen LogP contribution in [0.3, 0.4) is 0 Å². The molecule has 2 aromatic carbocycles. The number of aryl methyl sites for hydroxylation is 1. The van der Waals surface area contributed by atoms with Crippen LogP contribution < -0.4 is 5.73 Å². The molecule has 4 rings (SSSR count). The van der Waals surface area contributed by atoms with Crippen molar-refractivity contribution in [3.05, 3.63) is 87.5 Å². The molecule has 2 aliphatic rings. The minimum Gasteiger partial charge on any atom is -0.366 e. The maximum Gasteiger partial charge on any atom is 0.248 e. The highest BCUT2D eigenvalue weighted by Crippen LogP contribution is 2.51. The number of nitrogens with one attached hydrogen (secondary N) is 1. The molecular formula is C34H50N2O. The van der Waals surface area contributed by atoms with Gasteiger partial charge in [0.25, 0.3) is 0 Å². The van der Waals surface area contributed by atoms with Gasteiger partial charge in [-0.25, -0.2) is 0 Å². The monoisotopic (exact) mass is 502 g/mol. The van der Waals surface area contributed by atoms with Crippen LogP contribution in [-0.2, 0) is 11.8 Å². The second-order valence-electron chi connectivity index (χ2n) is 9.45. The molecule has 3 nitrogen and oxygen atoms in total. The second-order valence-corrected chi connectivity index (χ2v) is 9.45. The van der Waals surface area contributed by atoms with Crippen molar-refractivity contribution in [3.8, 4) is 0 Å². The molecule has 0 aromatic heterocycles. The number of primary amides is 1. The van der Waals surface area contributed by atoms with Crippen molar-refractivity contribution in [3.63, 3.8) is 0 Å². The Labute approximate surface area is 226 Å². The van der Waals surface area contributed by atoms with Gasteiger partial charge in [0.2, 0.25) is 5.91 Å². The molecule has 0 spiro atoms. The lowest BCUT2D eigenvalue weighted by atomic mass is 9.61. The van der Waals surface area contributed by atoms with E-state index in [0.717, 1.165) is 24.8 Å². The zero-order valence-electron chi connectivity index (χ0n) is 24.6. The van der Waals surface area contributed by atoms with Gasteiger partial charge in [0, 0.05) is 22.8 Å². The first-order chi connectivity index (χ1) is 17.9. The van der Waals surface area contributed by atoms with Crippen molar-refractivity contribution in [2.24, 2.45) is 5.73 Å². The van der Waals surface area contributed by atoms with Gasteiger partial charge in [-0.3, -0.25) is 4.79 Å². The third-order valence-electron chi connectivity index (χ3n) is 7.17. The van der Waals surface area contributed by atoms with Crippen LogP contribution in [0, 0.1) is 12.3 Å². The summed E-state index contributed by atoms with van der Waals surface area (Å²) in [5.74, 6) is -0.385. The molecule has 0 fully saturated rings. The molecule has 37 heavy (non-hydrogen) atoms. The fourth-order valence-electron chi connectivity index (χ4n) is 5.35. The summed E-state index contributed by atoms with van der Waals surface area (Å²) in [5, 5.41) is 7.97.